The second kappa shape index (κ2) is 5.45. The number of rotatable bonds is 4. The quantitative estimate of drug-likeness (QED) is 0.677. The SMILES string of the molecule is Cc1cc2c(NC(C)C(C)C)ccc([N+](=O)[O-])c2cn1. The third-order valence-corrected chi connectivity index (χ3v) is 3.59. The van der Waals surface area contributed by atoms with Crippen LogP contribution in [0.4, 0.5) is 11.4 Å². The third-order valence-electron chi connectivity index (χ3n) is 3.59. The van der Waals surface area contributed by atoms with E-state index in [9.17, 15) is 10.1 Å². The van der Waals surface area contributed by atoms with Crippen LogP contribution in [0.2, 0.25) is 0 Å². The average Bonchev–Trinajstić information content (AvgIpc) is 2.38. The smallest absolute Gasteiger partial charge is 0.278 e. The van der Waals surface area contributed by atoms with Gasteiger partial charge in [0.15, 0.2) is 0 Å². The van der Waals surface area contributed by atoms with E-state index in [1.807, 2.05) is 13.0 Å². The lowest BCUT2D eigenvalue weighted by Crippen LogP contribution is -2.21. The number of fused-ring (bicyclic) bond motifs is 1. The number of pyridine rings is 1. The first-order chi connectivity index (χ1) is 9.40. The number of nitrogens with one attached hydrogen (secondary N) is 1. The molecule has 1 aromatic carbocycles. The zero-order valence-corrected chi connectivity index (χ0v) is 12.2. The van der Waals surface area contributed by atoms with Crippen LogP contribution in [0.15, 0.2) is 24.4 Å². The van der Waals surface area contributed by atoms with E-state index in [2.05, 4.69) is 31.1 Å². The minimum absolute atomic E-state index is 0.0928. The lowest BCUT2D eigenvalue weighted by Gasteiger charge is -2.20. The normalized spacial score (nSPS) is 12.7. The maximum atomic E-state index is 11.1. The third kappa shape index (κ3) is 2.71. The summed E-state index contributed by atoms with van der Waals surface area (Å²) < 4.78 is 0. The first-order valence-corrected chi connectivity index (χ1v) is 6.70. The van der Waals surface area contributed by atoms with Crippen LogP contribution >= 0.6 is 0 Å². The molecule has 1 N–H and O–H groups in total. The fourth-order valence-electron chi connectivity index (χ4n) is 2.03. The van der Waals surface area contributed by atoms with Gasteiger partial charge in [-0.25, -0.2) is 0 Å². The summed E-state index contributed by atoms with van der Waals surface area (Å²) in [7, 11) is 0. The Hall–Kier alpha value is -2.17. The van der Waals surface area contributed by atoms with Crippen molar-refractivity contribution in [2.75, 3.05) is 5.32 Å². The molecule has 20 heavy (non-hydrogen) atoms. The van der Waals surface area contributed by atoms with Crippen LogP contribution in [-0.4, -0.2) is 15.9 Å². The van der Waals surface area contributed by atoms with Crippen LogP contribution in [0.5, 0.6) is 0 Å². The molecule has 0 aliphatic rings. The molecule has 0 fully saturated rings. The highest BCUT2D eigenvalue weighted by molar-refractivity contribution is 5.99. The van der Waals surface area contributed by atoms with E-state index < -0.39 is 0 Å². The first-order valence-electron chi connectivity index (χ1n) is 6.70. The van der Waals surface area contributed by atoms with Gasteiger partial charge >= 0.3 is 0 Å². The molecule has 0 aliphatic carbocycles. The summed E-state index contributed by atoms with van der Waals surface area (Å²) in [5.41, 5.74) is 1.85. The topological polar surface area (TPSA) is 68.1 Å². The van der Waals surface area contributed by atoms with Gasteiger partial charge in [-0.3, -0.25) is 15.1 Å². The molecule has 0 saturated carbocycles. The van der Waals surface area contributed by atoms with Gasteiger partial charge in [0.05, 0.1) is 10.3 Å². The molecule has 1 aromatic heterocycles. The predicted molar refractivity (Wildman–Crippen MR) is 81.1 cm³/mol. The fourth-order valence-corrected chi connectivity index (χ4v) is 2.03. The number of nitro groups is 1. The minimum atomic E-state index is -0.366. The second-order valence-electron chi connectivity index (χ2n) is 5.44. The summed E-state index contributed by atoms with van der Waals surface area (Å²) in [6.07, 6.45) is 1.58. The lowest BCUT2D eigenvalue weighted by molar-refractivity contribution is -0.383. The maximum Gasteiger partial charge on any atom is 0.278 e. The van der Waals surface area contributed by atoms with Gasteiger partial charge in [0.1, 0.15) is 0 Å². The molecular weight excluding hydrogens is 254 g/mol. The molecule has 1 atom stereocenters. The van der Waals surface area contributed by atoms with Crippen molar-refractivity contribution in [3.63, 3.8) is 0 Å². The van der Waals surface area contributed by atoms with Crippen molar-refractivity contribution in [2.24, 2.45) is 5.92 Å². The number of non-ortho nitro benzene ring substituents is 1. The molecule has 2 rings (SSSR count). The van der Waals surface area contributed by atoms with Crippen molar-refractivity contribution >= 4 is 22.1 Å². The van der Waals surface area contributed by atoms with E-state index in [0.29, 0.717) is 11.3 Å². The van der Waals surface area contributed by atoms with Crippen LogP contribution < -0.4 is 5.32 Å². The molecular formula is C15H19N3O2. The van der Waals surface area contributed by atoms with Crippen LogP contribution in [-0.2, 0) is 0 Å². The molecule has 1 heterocycles. The van der Waals surface area contributed by atoms with Gasteiger partial charge in [-0.1, -0.05) is 13.8 Å². The molecule has 0 radical (unpaired) electrons. The summed E-state index contributed by atoms with van der Waals surface area (Å²) in [5, 5.41) is 15.9. The van der Waals surface area contributed by atoms with Crippen molar-refractivity contribution in [2.45, 2.75) is 33.7 Å². The highest BCUT2D eigenvalue weighted by Gasteiger charge is 2.16. The van der Waals surface area contributed by atoms with E-state index in [1.165, 1.54) is 6.07 Å². The molecule has 0 saturated heterocycles. The summed E-state index contributed by atoms with van der Waals surface area (Å²) in [6, 6.07) is 5.48. The van der Waals surface area contributed by atoms with Gasteiger partial charge in [-0.15, -0.1) is 0 Å². The number of aromatic nitrogens is 1. The summed E-state index contributed by atoms with van der Waals surface area (Å²) in [4.78, 5) is 14.9. The van der Waals surface area contributed by atoms with Crippen molar-refractivity contribution in [3.8, 4) is 0 Å². The van der Waals surface area contributed by atoms with Crippen LogP contribution in [0, 0.1) is 23.0 Å². The van der Waals surface area contributed by atoms with E-state index >= 15 is 0 Å². The second-order valence-corrected chi connectivity index (χ2v) is 5.44. The largest absolute Gasteiger partial charge is 0.382 e. The number of aryl methyl sites for hydroxylation is 1. The Kier molecular flexibility index (Phi) is 3.88. The van der Waals surface area contributed by atoms with Crippen molar-refractivity contribution in [3.05, 3.63) is 40.2 Å². The van der Waals surface area contributed by atoms with Crippen LogP contribution in [0.25, 0.3) is 10.8 Å². The number of anilines is 1. The standard InChI is InChI=1S/C15H19N3O2/c1-9(2)11(4)17-14-5-6-15(18(19)20)13-8-16-10(3)7-12(13)14/h5-9,11,17H,1-4H3. The lowest BCUT2D eigenvalue weighted by atomic mass is 10.0. The van der Waals surface area contributed by atoms with Crippen molar-refractivity contribution in [1.29, 1.82) is 0 Å². The van der Waals surface area contributed by atoms with Crippen molar-refractivity contribution < 1.29 is 4.92 Å². The van der Waals surface area contributed by atoms with Gasteiger partial charge in [0.2, 0.25) is 0 Å². The molecule has 0 bridgehead atoms. The molecule has 5 nitrogen and oxygen atoms in total. The Morgan fingerprint density at radius 3 is 2.55 bits per heavy atom. The molecule has 2 aromatic rings. The molecule has 0 amide bonds. The van der Waals surface area contributed by atoms with Gasteiger partial charge in [0.25, 0.3) is 5.69 Å². The highest BCUT2D eigenvalue weighted by atomic mass is 16.6. The maximum absolute atomic E-state index is 11.1. The van der Waals surface area contributed by atoms with Gasteiger partial charge < -0.3 is 5.32 Å². The number of hydrogen-bond acceptors (Lipinski definition) is 4. The summed E-state index contributed by atoms with van der Waals surface area (Å²) in [5.74, 6) is 0.475. The Labute approximate surface area is 118 Å². The van der Waals surface area contributed by atoms with E-state index in [-0.39, 0.29) is 16.7 Å². The zero-order valence-electron chi connectivity index (χ0n) is 12.2. The number of nitro benzene ring substituents is 1. The van der Waals surface area contributed by atoms with E-state index in [4.69, 9.17) is 0 Å². The molecule has 0 aliphatic heterocycles. The Bertz CT molecular complexity index is 653. The number of benzene rings is 1. The zero-order chi connectivity index (χ0) is 14.9. The predicted octanol–water partition coefficient (Wildman–Crippen LogP) is 3.91. The average molecular weight is 273 g/mol. The van der Waals surface area contributed by atoms with Crippen LogP contribution in [0.1, 0.15) is 26.5 Å². The molecule has 106 valence electrons. The number of nitrogens with zero attached hydrogens (tertiary/aromatic N) is 2. The first kappa shape index (κ1) is 14.2. The monoisotopic (exact) mass is 273 g/mol. The van der Waals surface area contributed by atoms with Gasteiger partial charge in [-0.2, -0.15) is 0 Å². The van der Waals surface area contributed by atoms with Gasteiger partial charge in [0, 0.05) is 35.1 Å². The van der Waals surface area contributed by atoms with E-state index in [1.54, 1.807) is 12.3 Å². The van der Waals surface area contributed by atoms with Crippen LogP contribution in [0.3, 0.4) is 0 Å². The van der Waals surface area contributed by atoms with Crippen molar-refractivity contribution in [1.82, 2.24) is 4.98 Å². The summed E-state index contributed by atoms with van der Waals surface area (Å²) >= 11 is 0. The Morgan fingerprint density at radius 1 is 1.25 bits per heavy atom. The Morgan fingerprint density at radius 2 is 1.95 bits per heavy atom. The Balaban J connectivity index is 2.59. The summed E-state index contributed by atoms with van der Waals surface area (Å²) in [6.45, 7) is 8.26. The van der Waals surface area contributed by atoms with Gasteiger partial charge in [-0.05, 0) is 31.9 Å². The molecule has 1 unspecified atom stereocenters. The highest BCUT2D eigenvalue weighted by Crippen LogP contribution is 2.32. The molecule has 5 heteroatoms. The number of hydrogen-bond donors (Lipinski definition) is 1. The molecule has 0 spiro atoms. The fraction of sp³-hybridized carbons (Fsp3) is 0.400. The van der Waals surface area contributed by atoms with E-state index in [0.717, 1.165) is 16.8 Å². The minimum Gasteiger partial charge on any atom is -0.382 e.